The van der Waals surface area contributed by atoms with Gasteiger partial charge in [0.2, 0.25) is 0 Å². The highest BCUT2D eigenvalue weighted by Crippen LogP contribution is 2.20. The summed E-state index contributed by atoms with van der Waals surface area (Å²) in [5, 5.41) is 16.5. The van der Waals surface area contributed by atoms with E-state index in [0.29, 0.717) is 18.2 Å². The molecule has 0 unspecified atom stereocenters. The Bertz CT molecular complexity index is 465. The van der Waals surface area contributed by atoms with Crippen LogP contribution in [0.3, 0.4) is 0 Å². The Balaban J connectivity index is 2.70. The van der Waals surface area contributed by atoms with Crippen LogP contribution in [0, 0.1) is 10.1 Å². The molecular formula is C10H15N5O4. The lowest BCUT2D eigenvalue weighted by atomic mass is 10.3. The predicted octanol–water partition coefficient (Wildman–Crippen LogP) is 0.929. The molecule has 0 spiro atoms. The molecule has 9 nitrogen and oxygen atoms in total. The van der Waals surface area contributed by atoms with Crippen LogP contribution in [0.4, 0.5) is 22.1 Å². The van der Waals surface area contributed by atoms with Crippen molar-refractivity contribution < 1.29 is 14.5 Å². The number of primary amides is 1. The summed E-state index contributed by atoms with van der Waals surface area (Å²) in [5.41, 5.74) is 4.72. The fourth-order valence-corrected chi connectivity index (χ4v) is 1.31. The Kier molecular flexibility index (Phi) is 5.33. The summed E-state index contributed by atoms with van der Waals surface area (Å²) in [6.45, 7) is 2.76. The second-order valence-corrected chi connectivity index (χ2v) is 3.48. The average molecular weight is 269 g/mol. The third kappa shape index (κ3) is 5.06. The van der Waals surface area contributed by atoms with Gasteiger partial charge in [-0.1, -0.05) is 0 Å². The van der Waals surface area contributed by atoms with Crippen molar-refractivity contribution in [2.45, 2.75) is 6.92 Å². The molecule has 0 aliphatic heterocycles. The number of nitrogens with two attached hydrogens (primary N) is 1. The van der Waals surface area contributed by atoms with E-state index in [0.717, 1.165) is 0 Å². The number of hydrogen-bond donors (Lipinski definition) is 3. The molecule has 1 aromatic heterocycles. The van der Waals surface area contributed by atoms with Crippen molar-refractivity contribution >= 4 is 23.4 Å². The largest absolute Gasteiger partial charge is 0.448 e. The van der Waals surface area contributed by atoms with Crippen molar-refractivity contribution in [3.05, 3.63) is 22.2 Å². The molecule has 0 aromatic carbocycles. The maximum absolute atomic E-state index is 10.8. The van der Waals surface area contributed by atoms with Crippen LogP contribution in [0.1, 0.15) is 6.92 Å². The van der Waals surface area contributed by atoms with Gasteiger partial charge in [0.1, 0.15) is 18.2 Å². The Morgan fingerprint density at radius 1 is 1.47 bits per heavy atom. The zero-order valence-corrected chi connectivity index (χ0v) is 10.4. The number of nitrogens with zero attached hydrogens (tertiary/aromatic N) is 2. The van der Waals surface area contributed by atoms with Gasteiger partial charge in [0.25, 0.3) is 5.69 Å². The van der Waals surface area contributed by atoms with E-state index in [1.54, 1.807) is 0 Å². The van der Waals surface area contributed by atoms with E-state index < -0.39 is 11.0 Å². The van der Waals surface area contributed by atoms with E-state index in [-0.39, 0.29) is 18.8 Å². The van der Waals surface area contributed by atoms with Gasteiger partial charge < -0.3 is 21.1 Å². The SMILES string of the molecule is CCNc1cc([N+](=O)[O-])cc(NCCOC(N)=O)n1. The number of amides is 1. The first kappa shape index (κ1) is 14.5. The summed E-state index contributed by atoms with van der Waals surface area (Å²) >= 11 is 0. The lowest BCUT2D eigenvalue weighted by Gasteiger charge is -2.08. The lowest BCUT2D eigenvalue weighted by molar-refractivity contribution is -0.384. The van der Waals surface area contributed by atoms with Gasteiger partial charge in [-0.2, -0.15) is 0 Å². The Labute approximate surface area is 109 Å². The fraction of sp³-hybridized carbons (Fsp3) is 0.400. The number of nitrogens with one attached hydrogen (secondary N) is 2. The van der Waals surface area contributed by atoms with Gasteiger partial charge in [0, 0.05) is 6.54 Å². The number of nitro groups is 1. The second-order valence-electron chi connectivity index (χ2n) is 3.48. The normalized spacial score (nSPS) is 9.74. The van der Waals surface area contributed by atoms with Crippen molar-refractivity contribution in [1.29, 1.82) is 0 Å². The molecule has 0 atom stereocenters. The maximum Gasteiger partial charge on any atom is 0.404 e. The zero-order valence-electron chi connectivity index (χ0n) is 10.4. The van der Waals surface area contributed by atoms with Gasteiger partial charge in [-0.05, 0) is 6.92 Å². The highest BCUT2D eigenvalue weighted by atomic mass is 16.6. The molecular weight excluding hydrogens is 254 g/mol. The number of rotatable bonds is 7. The van der Waals surface area contributed by atoms with E-state index in [9.17, 15) is 14.9 Å². The monoisotopic (exact) mass is 269 g/mol. The van der Waals surface area contributed by atoms with Crippen LogP contribution in [0.2, 0.25) is 0 Å². The first-order valence-corrected chi connectivity index (χ1v) is 5.59. The summed E-state index contributed by atoms with van der Waals surface area (Å²) in [7, 11) is 0. The molecule has 1 amide bonds. The van der Waals surface area contributed by atoms with Crippen molar-refractivity contribution in [3.63, 3.8) is 0 Å². The summed E-state index contributed by atoms with van der Waals surface area (Å²) in [6.07, 6.45) is -0.873. The molecule has 0 aliphatic rings. The third-order valence-electron chi connectivity index (χ3n) is 2.03. The molecule has 1 rings (SSSR count). The van der Waals surface area contributed by atoms with Crippen LogP contribution in [-0.4, -0.2) is 35.7 Å². The zero-order chi connectivity index (χ0) is 14.3. The van der Waals surface area contributed by atoms with Crippen LogP contribution < -0.4 is 16.4 Å². The lowest BCUT2D eigenvalue weighted by Crippen LogP contribution is -2.18. The summed E-state index contributed by atoms with van der Waals surface area (Å²) in [6, 6.07) is 2.64. The molecule has 0 aliphatic carbocycles. The minimum atomic E-state index is -0.873. The number of ether oxygens (including phenoxy) is 1. The number of pyridine rings is 1. The van der Waals surface area contributed by atoms with Crippen molar-refractivity contribution in [1.82, 2.24) is 4.98 Å². The quantitative estimate of drug-likeness (QED) is 0.381. The molecule has 1 aromatic rings. The predicted molar refractivity (Wildman–Crippen MR) is 69.1 cm³/mol. The summed E-state index contributed by atoms with van der Waals surface area (Å²) in [5.74, 6) is 0.716. The van der Waals surface area contributed by atoms with Crippen LogP contribution >= 0.6 is 0 Å². The minimum absolute atomic E-state index is 0.0518. The van der Waals surface area contributed by atoms with E-state index >= 15 is 0 Å². The first-order chi connectivity index (χ1) is 9.02. The fourth-order valence-electron chi connectivity index (χ4n) is 1.31. The average Bonchev–Trinajstić information content (AvgIpc) is 2.34. The molecule has 0 bridgehead atoms. The molecule has 0 saturated carbocycles. The number of carbonyl (C=O) groups is 1. The second kappa shape index (κ2) is 6.99. The van der Waals surface area contributed by atoms with Gasteiger partial charge in [-0.3, -0.25) is 10.1 Å². The van der Waals surface area contributed by atoms with E-state index in [1.165, 1.54) is 12.1 Å². The molecule has 4 N–H and O–H groups in total. The molecule has 0 fully saturated rings. The molecule has 0 radical (unpaired) electrons. The van der Waals surface area contributed by atoms with Crippen LogP contribution in [0.5, 0.6) is 0 Å². The molecule has 9 heteroatoms. The molecule has 19 heavy (non-hydrogen) atoms. The Hall–Kier alpha value is -2.58. The maximum atomic E-state index is 10.8. The van der Waals surface area contributed by atoms with Crippen molar-refractivity contribution in [3.8, 4) is 0 Å². The number of anilines is 2. The molecule has 104 valence electrons. The van der Waals surface area contributed by atoms with Crippen molar-refractivity contribution in [2.75, 3.05) is 30.3 Å². The summed E-state index contributed by atoms with van der Waals surface area (Å²) < 4.78 is 4.52. The highest BCUT2D eigenvalue weighted by molar-refractivity contribution is 5.64. The molecule has 0 saturated heterocycles. The van der Waals surface area contributed by atoms with Crippen LogP contribution in [0.25, 0.3) is 0 Å². The first-order valence-electron chi connectivity index (χ1n) is 5.59. The number of aromatic nitrogens is 1. The van der Waals surface area contributed by atoms with Gasteiger partial charge in [-0.25, -0.2) is 9.78 Å². The standard InChI is InChI=1S/C10H15N5O4/c1-2-12-8-5-7(15(17)18)6-9(14-8)13-3-4-19-10(11)16/h5-6H,2-4H2,1H3,(H2,11,16)(H2,12,13,14). The van der Waals surface area contributed by atoms with Crippen LogP contribution in [-0.2, 0) is 4.74 Å². The highest BCUT2D eigenvalue weighted by Gasteiger charge is 2.10. The molecule has 1 heterocycles. The van der Waals surface area contributed by atoms with E-state index in [4.69, 9.17) is 5.73 Å². The Morgan fingerprint density at radius 3 is 2.63 bits per heavy atom. The van der Waals surface area contributed by atoms with E-state index in [1.807, 2.05) is 6.92 Å². The summed E-state index contributed by atoms with van der Waals surface area (Å²) in [4.78, 5) is 24.7. The van der Waals surface area contributed by atoms with Gasteiger partial charge in [0.05, 0.1) is 23.6 Å². The van der Waals surface area contributed by atoms with Crippen LogP contribution in [0.15, 0.2) is 12.1 Å². The van der Waals surface area contributed by atoms with E-state index in [2.05, 4.69) is 20.4 Å². The number of carbonyl (C=O) groups excluding carboxylic acids is 1. The topological polar surface area (TPSA) is 132 Å². The van der Waals surface area contributed by atoms with Gasteiger partial charge in [0.15, 0.2) is 0 Å². The number of hydrogen-bond acceptors (Lipinski definition) is 7. The third-order valence-corrected chi connectivity index (χ3v) is 2.03. The smallest absolute Gasteiger partial charge is 0.404 e. The van der Waals surface area contributed by atoms with Gasteiger partial charge in [-0.15, -0.1) is 0 Å². The van der Waals surface area contributed by atoms with Crippen molar-refractivity contribution in [2.24, 2.45) is 5.73 Å². The minimum Gasteiger partial charge on any atom is -0.448 e. The van der Waals surface area contributed by atoms with Gasteiger partial charge >= 0.3 is 6.09 Å². The Morgan fingerprint density at radius 2 is 2.11 bits per heavy atom.